The quantitative estimate of drug-likeness (QED) is 0.826. The Labute approximate surface area is 157 Å². The minimum atomic E-state index is -0.639. The van der Waals surface area contributed by atoms with Gasteiger partial charge in [0.1, 0.15) is 23.5 Å². The van der Waals surface area contributed by atoms with Gasteiger partial charge in [-0.15, -0.1) is 0 Å². The Bertz CT molecular complexity index is 886. The van der Waals surface area contributed by atoms with Gasteiger partial charge < -0.3 is 9.64 Å². The maximum absolute atomic E-state index is 14.2. The normalized spacial score (nSPS) is 22.2. The summed E-state index contributed by atoms with van der Waals surface area (Å²) in [5.41, 5.74) is 1.31. The van der Waals surface area contributed by atoms with Crippen molar-refractivity contribution in [1.82, 2.24) is 9.80 Å². The number of likely N-dealkylation sites (tertiary alicyclic amines) is 1. The molecule has 142 valence electrons. The van der Waals surface area contributed by atoms with Gasteiger partial charge in [-0.25, -0.2) is 8.78 Å². The van der Waals surface area contributed by atoms with Crippen LogP contribution in [0.5, 0.6) is 5.75 Å². The first kappa shape index (κ1) is 17.9. The average Bonchev–Trinajstić information content (AvgIpc) is 2.99. The lowest BCUT2D eigenvalue weighted by molar-refractivity contribution is 0.0682. The summed E-state index contributed by atoms with van der Waals surface area (Å²) in [7, 11) is 1.81. The molecule has 2 aliphatic heterocycles. The maximum atomic E-state index is 14.2. The van der Waals surface area contributed by atoms with Crippen LogP contribution in [0.4, 0.5) is 8.78 Å². The molecule has 2 heterocycles. The third-order valence-electron chi connectivity index (χ3n) is 5.40. The third-order valence-corrected chi connectivity index (χ3v) is 5.40. The molecule has 2 atom stereocenters. The molecule has 0 aromatic heterocycles. The number of fused-ring (bicyclic) bond motifs is 2. The molecule has 0 aliphatic carbocycles. The lowest BCUT2D eigenvalue weighted by Crippen LogP contribution is -2.44. The Balaban J connectivity index is 1.71. The van der Waals surface area contributed by atoms with Crippen LogP contribution >= 0.6 is 0 Å². The molecule has 0 saturated carbocycles. The molecule has 2 aromatic carbocycles. The number of nitrogens with zero attached hydrogens (tertiary/aromatic N) is 2. The monoisotopic (exact) mass is 372 g/mol. The second-order valence-electron chi connectivity index (χ2n) is 7.23. The molecule has 4 nitrogen and oxygen atoms in total. The highest BCUT2D eigenvalue weighted by atomic mass is 19.1. The fourth-order valence-corrected chi connectivity index (χ4v) is 4.01. The van der Waals surface area contributed by atoms with Crippen LogP contribution in [0.25, 0.3) is 11.1 Å². The molecule has 2 unspecified atom stereocenters. The Morgan fingerprint density at radius 3 is 2.63 bits per heavy atom. The van der Waals surface area contributed by atoms with Crippen LogP contribution in [0, 0.1) is 11.6 Å². The summed E-state index contributed by atoms with van der Waals surface area (Å²) < 4.78 is 33.6. The van der Waals surface area contributed by atoms with E-state index in [1.54, 1.807) is 23.1 Å². The van der Waals surface area contributed by atoms with E-state index < -0.39 is 11.6 Å². The number of benzene rings is 2. The van der Waals surface area contributed by atoms with E-state index >= 15 is 0 Å². The highest BCUT2D eigenvalue weighted by molar-refractivity contribution is 5.98. The number of hydrogen-bond donors (Lipinski definition) is 0. The van der Waals surface area contributed by atoms with E-state index in [0.717, 1.165) is 32.1 Å². The standard InChI is InChI=1S/C21H22F2N2O2/c1-3-8-25-11-18-20(12-25)27-19-9-13(4-6-16(19)21(26)24(18)2)15-7-5-14(22)10-17(15)23/h4-7,9-10,18,20H,3,8,11-12H2,1-2H3. The number of likely N-dealkylation sites (N-methyl/N-ethyl adjacent to an activating group) is 1. The first-order chi connectivity index (χ1) is 13.0. The van der Waals surface area contributed by atoms with Crippen molar-refractivity contribution in [1.29, 1.82) is 0 Å². The predicted molar refractivity (Wildman–Crippen MR) is 98.8 cm³/mol. The van der Waals surface area contributed by atoms with E-state index in [-0.39, 0.29) is 23.6 Å². The fourth-order valence-electron chi connectivity index (χ4n) is 4.01. The summed E-state index contributed by atoms with van der Waals surface area (Å²) in [6.07, 6.45) is 0.918. The second kappa shape index (κ2) is 6.93. The first-order valence-electron chi connectivity index (χ1n) is 9.23. The summed E-state index contributed by atoms with van der Waals surface area (Å²) in [5, 5.41) is 0. The number of ether oxygens (including phenoxy) is 1. The van der Waals surface area contributed by atoms with Crippen molar-refractivity contribution in [2.24, 2.45) is 0 Å². The van der Waals surface area contributed by atoms with Crippen molar-refractivity contribution in [2.45, 2.75) is 25.5 Å². The Hall–Kier alpha value is -2.47. The van der Waals surface area contributed by atoms with Crippen LogP contribution in [-0.2, 0) is 0 Å². The summed E-state index contributed by atoms with van der Waals surface area (Å²) in [6.45, 7) is 4.63. The smallest absolute Gasteiger partial charge is 0.257 e. The number of carbonyl (C=O) groups excluding carboxylic acids is 1. The van der Waals surface area contributed by atoms with Crippen molar-refractivity contribution < 1.29 is 18.3 Å². The van der Waals surface area contributed by atoms with Crippen molar-refractivity contribution in [3.8, 4) is 16.9 Å². The Kier molecular flexibility index (Phi) is 4.60. The van der Waals surface area contributed by atoms with E-state index in [1.165, 1.54) is 12.1 Å². The van der Waals surface area contributed by atoms with Gasteiger partial charge in [0.15, 0.2) is 0 Å². The van der Waals surface area contributed by atoms with Gasteiger partial charge in [0.2, 0.25) is 0 Å². The molecule has 1 fully saturated rings. The molecule has 4 rings (SSSR count). The summed E-state index contributed by atoms with van der Waals surface area (Å²) in [4.78, 5) is 17.0. The molecule has 0 radical (unpaired) electrons. The molecule has 1 saturated heterocycles. The van der Waals surface area contributed by atoms with Crippen molar-refractivity contribution >= 4 is 5.91 Å². The number of rotatable bonds is 3. The van der Waals surface area contributed by atoms with Gasteiger partial charge in [-0.2, -0.15) is 0 Å². The highest BCUT2D eigenvalue weighted by Gasteiger charge is 2.41. The lowest BCUT2D eigenvalue weighted by atomic mass is 10.0. The van der Waals surface area contributed by atoms with Gasteiger partial charge in [-0.1, -0.05) is 13.0 Å². The molecule has 27 heavy (non-hydrogen) atoms. The van der Waals surface area contributed by atoms with Crippen molar-refractivity contribution in [3.05, 3.63) is 53.6 Å². The molecular weight excluding hydrogens is 350 g/mol. The van der Waals surface area contributed by atoms with E-state index in [2.05, 4.69) is 11.8 Å². The first-order valence-corrected chi connectivity index (χ1v) is 9.23. The van der Waals surface area contributed by atoms with Crippen LogP contribution in [0.15, 0.2) is 36.4 Å². The molecule has 0 N–H and O–H groups in total. The number of halogens is 2. The van der Waals surface area contributed by atoms with E-state index in [4.69, 9.17) is 4.74 Å². The van der Waals surface area contributed by atoms with E-state index in [9.17, 15) is 13.6 Å². The van der Waals surface area contributed by atoms with Gasteiger partial charge >= 0.3 is 0 Å². The van der Waals surface area contributed by atoms with Crippen LogP contribution in [0.1, 0.15) is 23.7 Å². The molecule has 2 aliphatic rings. The zero-order valence-electron chi connectivity index (χ0n) is 15.4. The zero-order valence-corrected chi connectivity index (χ0v) is 15.4. The van der Waals surface area contributed by atoms with Crippen molar-refractivity contribution in [3.63, 3.8) is 0 Å². The van der Waals surface area contributed by atoms with Gasteiger partial charge in [0.05, 0.1) is 11.6 Å². The minimum Gasteiger partial charge on any atom is -0.486 e. The van der Waals surface area contributed by atoms with Crippen LogP contribution in [-0.4, -0.2) is 54.5 Å². The van der Waals surface area contributed by atoms with E-state index in [0.29, 0.717) is 16.9 Å². The molecular formula is C21H22F2N2O2. The molecule has 0 bridgehead atoms. The molecule has 0 spiro atoms. The van der Waals surface area contributed by atoms with Crippen LogP contribution in [0.3, 0.4) is 0 Å². The van der Waals surface area contributed by atoms with Crippen LogP contribution in [0.2, 0.25) is 0 Å². The fraction of sp³-hybridized carbons (Fsp3) is 0.381. The highest BCUT2D eigenvalue weighted by Crippen LogP contribution is 2.35. The maximum Gasteiger partial charge on any atom is 0.257 e. The minimum absolute atomic E-state index is 0.0116. The zero-order chi connectivity index (χ0) is 19.1. The SMILES string of the molecule is CCCN1CC2Oc3cc(-c4ccc(F)cc4F)ccc3C(=O)N(C)C2C1. The van der Waals surface area contributed by atoms with Gasteiger partial charge in [-0.3, -0.25) is 9.69 Å². The third kappa shape index (κ3) is 3.18. The average molecular weight is 372 g/mol. The van der Waals surface area contributed by atoms with Crippen LogP contribution < -0.4 is 4.74 Å². The topological polar surface area (TPSA) is 32.8 Å². The summed E-state index contributed by atoms with van der Waals surface area (Å²) in [5.74, 6) is -0.898. The summed E-state index contributed by atoms with van der Waals surface area (Å²) >= 11 is 0. The van der Waals surface area contributed by atoms with Gasteiger partial charge in [0, 0.05) is 31.8 Å². The van der Waals surface area contributed by atoms with Crippen molar-refractivity contribution in [2.75, 3.05) is 26.7 Å². The molecule has 2 aromatic rings. The second-order valence-corrected chi connectivity index (χ2v) is 7.23. The number of amides is 1. The predicted octanol–water partition coefficient (Wildman–Crippen LogP) is 3.56. The lowest BCUT2D eigenvalue weighted by Gasteiger charge is -2.25. The Morgan fingerprint density at radius 1 is 1.11 bits per heavy atom. The molecule has 6 heteroatoms. The van der Waals surface area contributed by atoms with E-state index in [1.807, 2.05) is 7.05 Å². The largest absolute Gasteiger partial charge is 0.486 e. The summed E-state index contributed by atoms with van der Waals surface area (Å²) in [6, 6.07) is 8.49. The Morgan fingerprint density at radius 2 is 1.89 bits per heavy atom. The van der Waals surface area contributed by atoms with Gasteiger partial charge in [-0.05, 0) is 42.8 Å². The number of carbonyl (C=O) groups is 1. The van der Waals surface area contributed by atoms with Gasteiger partial charge in [0.25, 0.3) is 5.91 Å². The number of hydrogen-bond acceptors (Lipinski definition) is 3. The molecule has 1 amide bonds.